The molecule has 0 aliphatic carbocycles. The van der Waals surface area contributed by atoms with Gasteiger partial charge >= 0.3 is 0 Å². The highest BCUT2D eigenvalue weighted by atomic mass is 35.5. The van der Waals surface area contributed by atoms with E-state index in [1.807, 2.05) is 0 Å². The first-order chi connectivity index (χ1) is 13.2. The zero-order valence-electron chi connectivity index (χ0n) is 14.4. The molecular formula is C16H15ClN4O6S. The highest BCUT2D eigenvalue weighted by molar-refractivity contribution is 7.97. The summed E-state index contributed by atoms with van der Waals surface area (Å²) >= 11 is 7.02. The van der Waals surface area contributed by atoms with Crippen LogP contribution in [0.5, 0.6) is 0 Å². The topological polar surface area (TPSA) is 139 Å². The Morgan fingerprint density at radius 3 is 2.50 bits per heavy atom. The summed E-state index contributed by atoms with van der Waals surface area (Å²) in [6, 6.07) is 9.19. The van der Waals surface area contributed by atoms with Gasteiger partial charge in [-0.05, 0) is 36.6 Å². The second kappa shape index (κ2) is 9.46. The summed E-state index contributed by atoms with van der Waals surface area (Å²) in [5.41, 5.74) is 1.30. The van der Waals surface area contributed by atoms with Crippen molar-refractivity contribution in [2.45, 2.75) is 24.4 Å². The van der Waals surface area contributed by atoms with E-state index in [1.54, 1.807) is 29.7 Å². The number of halogens is 1. The molecule has 0 aromatic heterocycles. The minimum atomic E-state index is -0.902. The molecule has 0 saturated heterocycles. The molecule has 1 atom stereocenters. The Morgan fingerprint density at radius 2 is 1.93 bits per heavy atom. The number of carbonyl (C=O) groups excluding carboxylic acids is 1. The van der Waals surface area contributed by atoms with E-state index in [2.05, 4.69) is 0 Å². The van der Waals surface area contributed by atoms with Crippen molar-refractivity contribution in [3.63, 3.8) is 0 Å². The number of nitrogens with zero attached hydrogens (tertiary/aromatic N) is 3. The third-order valence-corrected chi connectivity index (χ3v) is 5.36. The summed E-state index contributed by atoms with van der Waals surface area (Å²) in [5.74, 6) is -0.732. The molecular weight excluding hydrogens is 412 g/mol. The van der Waals surface area contributed by atoms with Crippen LogP contribution in [0.2, 0.25) is 5.02 Å². The summed E-state index contributed by atoms with van der Waals surface area (Å²) in [4.78, 5) is 32.8. The molecule has 10 nitrogen and oxygen atoms in total. The lowest BCUT2D eigenvalue weighted by Crippen LogP contribution is -2.40. The SMILES string of the molecule is CC(C(=O)NO)N(Cc1ccccc1Cl)Sc1ccc([N+](=O)[O-])cc1[N+](=O)[O-]. The molecule has 2 rings (SSSR count). The van der Waals surface area contributed by atoms with Crippen LogP contribution in [-0.2, 0) is 11.3 Å². The van der Waals surface area contributed by atoms with Gasteiger partial charge in [0.05, 0.1) is 22.0 Å². The molecule has 0 aliphatic heterocycles. The molecule has 0 bridgehead atoms. The van der Waals surface area contributed by atoms with Crippen molar-refractivity contribution in [2.24, 2.45) is 0 Å². The molecule has 12 heteroatoms. The van der Waals surface area contributed by atoms with Crippen LogP contribution in [-0.4, -0.2) is 31.3 Å². The second-order valence-corrected chi connectivity index (χ2v) is 7.07. The first-order valence-corrected chi connectivity index (χ1v) is 8.94. The first-order valence-electron chi connectivity index (χ1n) is 7.79. The summed E-state index contributed by atoms with van der Waals surface area (Å²) in [6.45, 7) is 1.61. The molecule has 1 unspecified atom stereocenters. The fourth-order valence-corrected chi connectivity index (χ4v) is 3.49. The second-order valence-electron chi connectivity index (χ2n) is 5.58. The average Bonchev–Trinajstić information content (AvgIpc) is 2.67. The van der Waals surface area contributed by atoms with E-state index in [0.717, 1.165) is 24.1 Å². The summed E-state index contributed by atoms with van der Waals surface area (Å²) < 4.78 is 1.47. The Morgan fingerprint density at radius 1 is 1.25 bits per heavy atom. The van der Waals surface area contributed by atoms with Crippen molar-refractivity contribution in [3.8, 4) is 0 Å². The van der Waals surface area contributed by atoms with Gasteiger partial charge in [-0.15, -0.1) is 0 Å². The monoisotopic (exact) mass is 426 g/mol. The molecule has 0 fully saturated rings. The van der Waals surface area contributed by atoms with Gasteiger partial charge in [0, 0.05) is 17.6 Å². The van der Waals surface area contributed by atoms with E-state index in [9.17, 15) is 25.0 Å². The lowest BCUT2D eigenvalue weighted by molar-refractivity contribution is -0.396. The Kier molecular flexibility index (Phi) is 7.29. The van der Waals surface area contributed by atoms with Crippen LogP contribution in [0.25, 0.3) is 0 Å². The summed E-state index contributed by atoms with van der Waals surface area (Å²) in [6.07, 6.45) is 0. The van der Waals surface area contributed by atoms with Gasteiger partial charge in [-0.1, -0.05) is 29.8 Å². The number of nitro benzene ring substituents is 2. The van der Waals surface area contributed by atoms with Crippen molar-refractivity contribution in [1.29, 1.82) is 0 Å². The number of hydrogen-bond acceptors (Lipinski definition) is 8. The number of rotatable bonds is 8. The Labute approximate surface area is 168 Å². The standard InChI is InChI=1S/C16H15ClN4O6S/c1-10(16(22)18-23)19(9-11-4-2-3-5-13(11)17)28-15-7-6-12(20(24)25)8-14(15)21(26)27/h2-8,10,23H,9H2,1H3,(H,18,22). The maximum Gasteiger partial charge on any atom is 0.291 e. The van der Waals surface area contributed by atoms with Gasteiger partial charge in [0.25, 0.3) is 17.3 Å². The molecule has 0 spiro atoms. The molecule has 0 heterocycles. The van der Waals surface area contributed by atoms with Gasteiger partial charge in [-0.2, -0.15) is 0 Å². The van der Waals surface area contributed by atoms with Crippen molar-refractivity contribution in [2.75, 3.05) is 0 Å². The van der Waals surface area contributed by atoms with Crippen molar-refractivity contribution < 1.29 is 19.8 Å². The molecule has 0 radical (unpaired) electrons. The van der Waals surface area contributed by atoms with E-state index in [0.29, 0.717) is 10.6 Å². The third-order valence-electron chi connectivity index (χ3n) is 3.77. The van der Waals surface area contributed by atoms with Crippen molar-refractivity contribution >= 4 is 40.8 Å². The largest absolute Gasteiger partial charge is 0.291 e. The predicted octanol–water partition coefficient (Wildman–Crippen LogP) is 3.56. The van der Waals surface area contributed by atoms with Crippen LogP contribution < -0.4 is 5.48 Å². The fourth-order valence-electron chi connectivity index (χ4n) is 2.23. The van der Waals surface area contributed by atoms with E-state index < -0.39 is 33.2 Å². The highest BCUT2D eigenvalue weighted by Crippen LogP contribution is 2.36. The number of carbonyl (C=O) groups is 1. The lowest BCUT2D eigenvalue weighted by atomic mass is 10.2. The van der Waals surface area contributed by atoms with E-state index >= 15 is 0 Å². The lowest BCUT2D eigenvalue weighted by Gasteiger charge is -2.26. The Balaban J connectivity index is 2.42. The normalized spacial score (nSPS) is 11.9. The molecule has 28 heavy (non-hydrogen) atoms. The molecule has 0 saturated carbocycles. The molecule has 0 aliphatic rings. The molecule has 2 N–H and O–H groups in total. The Bertz CT molecular complexity index is 912. The van der Waals surface area contributed by atoms with Gasteiger partial charge in [0.2, 0.25) is 0 Å². The van der Waals surface area contributed by atoms with E-state index in [-0.39, 0.29) is 11.4 Å². The number of hydrogen-bond donors (Lipinski definition) is 2. The van der Waals surface area contributed by atoms with Crippen molar-refractivity contribution in [3.05, 3.63) is 73.3 Å². The summed E-state index contributed by atoms with van der Waals surface area (Å²) in [5, 5.41) is 31.6. The fraction of sp³-hybridized carbons (Fsp3) is 0.188. The van der Waals surface area contributed by atoms with Gasteiger partial charge in [-0.3, -0.25) is 30.2 Å². The highest BCUT2D eigenvalue weighted by Gasteiger charge is 2.27. The first kappa shape index (κ1) is 21.6. The predicted molar refractivity (Wildman–Crippen MR) is 102 cm³/mol. The number of nitrogens with one attached hydrogen (secondary N) is 1. The van der Waals surface area contributed by atoms with Gasteiger partial charge in [-0.25, -0.2) is 9.79 Å². The molecule has 148 valence electrons. The quantitative estimate of drug-likeness (QED) is 0.282. The van der Waals surface area contributed by atoms with E-state index in [4.69, 9.17) is 16.8 Å². The third kappa shape index (κ3) is 5.16. The molecule has 2 aromatic rings. The van der Waals surface area contributed by atoms with Gasteiger partial charge in [0.15, 0.2) is 0 Å². The van der Waals surface area contributed by atoms with Crippen LogP contribution in [0.15, 0.2) is 47.4 Å². The zero-order valence-corrected chi connectivity index (χ0v) is 16.0. The molecule has 2 aromatic carbocycles. The number of non-ortho nitro benzene ring substituents is 1. The van der Waals surface area contributed by atoms with Crippen LogP contribution >= 0.6 is 23.5 Å². The number of benzene rings is 2. The van der Waals surface area contributed by atoms with Gasteiger partial charge < -0.3 is 0 Å². The number of hydroxylamine groups is 1. The van der Waals surface area contributed by atoms with Crippen LogP contribution in [0.1, 0.15) is 12.5 Å². The van der Waals surface area contributed by atoms with Crippen LogP contribution in [0.3, 0.4) is 0 Å². The Hall–Kier alpha value is -2.73. The maximum absolute atomic E-state index is 11.9. The number of nitro groups is 2. The average molecular weight is 427 g/mol. The number of amides is 1. The van der Waals surface area contributed by atoms with E-state index in [1.165, 1.54) is 17.3 Å². The summed E-state index contributed by atoms with van der Waals surface area (Å²) in [7, 11) is 0. The van der Waals surface area contributed by atoms with Gasteiger partial charge in [0.1, 0.15) is 4.90 Å². The smallest absolute Gasteiger partial charge is 0.289 e. The minimum Gasteiger partial charge on any atom is -0.289 e. The zero-order chi connectivity index (χ0) is 20.8. The van der Waals surface area contributed by atoms with Crippen LogP contribution in [0.4, 0.5) is 11.4 Å². The van der Waals surface area contributed by atoms with Crippen molar-refractivity contribution in [1.82, 2.24) is 9.79 Å². The minimum absolute atomic E-state index is 0.0974. The maximum atomic E-state index is 11.9. The molecule has 1 amide bonds. The van der Waals surface area contributed by atoms with Crippen LogP contribution in [0, 0.1) is 20.2 Å².